The van der Waals surface area contributed by atoms with E-state index in [1.807, 2.05) is 24.3 Å². The van der Waals surface area contributed by atoms with E-state index in [4.69, 9.17) is 10.5 Å². The Kier molecular flexibility index (Phi) is 6.22. The molecule has 2 N–H and O–H groups in total. The molecule has 0 spiro atoms. The monoisotopic (exact) mass is 400 g/mol. The average molecular weight is 400 g/mol. The lowest BCUT2D eigenvalue weighted by molar-refractivity contribution is 0.0891. The molecule has 0 saturated carbocycles. The van der Waals surface area contributed by atoms with Gasteiger partial charge in [-0.25, -0.2) is 4.79 Å². The molecule has 1 aliphatic heterocycles. The number of hydrogen-bond donors (Lipinski definition) is 1. The van der Waals surface area contributed by atoms with Crippen molar-refractivity contribution in [2.75, 3.05) is 25.9 Å². The van der Waals surface area contributed by atoms with Crippen molar-refractivity contribution in [3.05, 3.63) is 56.2 Å². The van der Waals surface area contributed by atoms with Gasteiger partial charge in [-0.15, -0.1) is 0 Å². The number of ether oxygens (including phenoxy) is 1. The van der Waals surface area contributed by atoms with Gasteiger partial charge in [0.2, 0.25) is 0 Å². The quantitative estimate of drug-likeness (QED) is 0.763. The molecule has 8 heteroatoms. The van der Waals surface area contributed by atoms with Crippen LogP contribution in [-0.2, 0) is 14.1 Å². The summed E-state index contributed by atoms with van der Waals surface area (Å²) in [4.78, 5) is 39.8. The SMILES string of the molecule is COc1ccc([C@@H]2CCCCCN2CC(=O)c2c(N)n(C)c(=O)n(C)c2=O)cc1. The van der Waals surface area contributed by atoms with Gasteiger partial charge >= 0.3 is 5.69 Å². The Bertz CT molecular complexity index is 1010. The Morgan fingerprint density at radius 3 is 2.45 bits per heavy atom. The number of hydrogen-bond acceptors (Lipinski definition) is 6. The van der Waals surface area contributed by atoms with Crippen LogP contribution in [0.3, 0.4) is 0 Å². The van der Waals surface area contributed by atoms with Crippen molar-refractivity contribution in [1.82, 2.24) is 14.0 Å². The molecular weight excluding hydrogens is 372 g/mol. The van der Waals surface area contributed by atoms with Crippen molar-refractivity contribution in [3.8, 4) is 5.75 Å². The minimum atomic E-state index is -0.647. The lowest BCUT2D eigenvalue weighted by Gasteiger charge is -2.30. The molecule has 156 valence electrons. The fourth-order valence-corrected chi connectivity index (χ4v) is 3.95. The molecule has 0 aliphatic carbocycles. The summed E-state index contributed by atoms with van der Waals surface area (Å²) in [5.74, 6) is 0.338. The number of ketones is 1. The number of carbonyl (C=O) groups excluding carboxylic acids is 1. The number of aromatic nitrogens is 2. The molecule has 2 heterocycles. The Labute approximate surface area is 169 Å². The van der Waals surface area contributed by atoms with Gasteiger partial charge in [0.15, 0.2) is 5.78 Å². The topological polar surface area (TPSA) is 99.6 Å². The first-order valence-corrected chi connectivity index (χ1v) is 9.81. The molecule has 29 heavy (non-hydrogen) atoms. The standard InChI is InChI=1S/C21H28N4O4/c1-23-19(22)18(20(27)24(2)21(23)28)17(26)13-25-12-6-4-5-7-16(25)14-8-10-15(29-3)11-9-14/h8-11,16H,4-7,12-13,22H2,1-3H3/t16-/m0/s1. The maximum atomic E-state index is 13.1. The molecule has 0 radical (unpaired) electrons. The first kappa shape index (κ1) is 20.9. The summed E-state index contributed by atoms with van der Waals surface area (Å²) >= 11 is 0. The van der Waals surface area contributed by atoms with Crippen LogP contribution in [0.4, 0.5) is 5.82 Å². The smallest absolute Gasteiger partial charge is 0.332 e. The zero-order valence-corrected chi connectivity index (χ0v) is 17.2. The Morgan fingerprint density at radius 2 is 1.79 bits per heavy atom. The molecule has 1 aromatic heterocycles. The minimum Gasteiger partial charge on any atom is -0.497 e. The number of carbonyl (C=O) groups is 1. The summed E-state index contributed by atoms with van der Waals surface area (Å²) in [6, 6.07) is 7.95. The average Bonchev–Trinajstić information content (AvgIpc) is 2.96. The third-order valence-electron chi connectivity index (χ3n) is 5.70. The molecule has 1 fully saturated rings. The molecule has 1 aliphatic rings. The van der Waals surface area contributed by atoms with Gasteiger partial charge < -0.3 is 10.5 Å². The number of nitrogen functional groups attached to an aromatic ring is 1. The summed E-state index contributed by atoms with van der Waals surface area (Å²) in [6.07, 6.45) is 4.09. The van der Waals surface area contributed by atoms with Crippen molar-refractivity contribution in [1.29, 1.82) is 0 Å². The fourth-order valence-electron chi connectivity index (χ4n) is 3.95. The second-order valence-corrected chi connectivity index (χ2v) is 7.50. The van der Waals surface area contributed by atoms with Crippen LogP contribution in [0.2, 0.25) is 0 Å². The Balaban J connectivity index is 1.93. The lowest BCUT2D eigenvalue weighted by atomic mass is 10.00. The number of Topliss-reactive ketones (excluding diaryl/α,β-unsaturated/α-hetero) is 1. The van der Waals surface area contributed by atoms with E-state index in [1.165, 1.54) is 14.1 Å². The van der Waals surface area contributed by atoms with E-state index in [2.05, 4.69) is 4.90 Å². The van der Waals surface area contributed by atoms with E-state index in [-0.39, 0.29) is 29.8 Å². The van der Waals surface area contributed by atoms with Crippen LogP contribution in [0.25, 0.3) is 0 Å². The summed E-state index contributed by atoms with van der Waals surface area (Å²) < 4.78 is 7.30. The van der Waals surface area contributed by atoms with Gasteiger partial charge in [0, 0.05) is 20.1 Å². The summed E-state index contributed by atoms with van der Waals surface area (Å²) in [5, 5.41) is 0. The normalized spacial score (nSPS) is 17.7. The summed E-state index contributed by atoms with van der Waals surface area (Å²) in [7, 11) is 4.44. The molecule has 2 aromatic rings. The van der Waals surface area contributed by atoms with Crippen LogP contribution in [0.1, 0.15) is 47.6 Å². The Hall–Kier alpha value is -2.87. The predicted octanol–water partition coefficient (Wildman–Crippen LogP) is 1.47. The number of anilines is 1. The highest BCUT2D eigenvalue weighted by Gasteiger charge is 2.28. The highest BCUT2D eigenvalue weighted by Crippen LogP contribution is 2.31. The van der Waals surface area contributed by atoms with Crippen molar-refractivity contribution in [2.24, 2.45) is 14.1 Å². The molecule has 8 nitrogen and oxygen atoms in total. The number of likely N-dealkylation sites (tertiary alicyclic amines) is 1. The highest BCUT2D eigenvalue weighted by atomic mass is 16.5. The van der Waals surface area contributed by atoms with Gasteiger partial charge in [0.05, 0.1) is 13.7 Å². The van der Waals surface area contributed by atoms with Gasteiger partial charge in [-0.3, -0.25) is 23.6 Å². The van der Waals surface area contributed by atoms with E-state index < -0.39 is 11.2 Å². The maximum Gasteiger partial charge on any atom is 0.332 e. The molecule has 1 atom stereocenters. The number of methoxy groups -OCH3 is 1. The van der Waals surface area contributed by atoms with Gasteiger partial charge in [0.1, 0.15) is 17.1 Å². The number of nitrogens with zero attached hydrogens (tertiary/aromatic N) is 3. The van der Waals surface area contributed by atoms with Crippen LogP contribution in [0.15, 0.2) is 33.9 Å². The third-order valence-corrected chi connectivity index (χ3v) is 5.70. The van der Waals surface area contributed by atoms with E-state index >= 15 is 0 Å². The third kappa shape index (κ3) is 4.12. The number of rotatable bonds is 5. The molecule has 1 aromatic carbocycles. The van der Waals surface area contributed by atoms with Crippen molar-refractivity contribution in [3.63, 3.8) is 0 Å². The number of nitrogens with two attached hydrogens (primary N) is 1. The van der Waals surface area contributed by atoms with E-state index in [9.17, 15) is 14.4 Å². The minimum absolute atomic E-state index is 0.0740. The second-order valence-electron chi connectivity index (χ2n) is 7.50. The van der Waals surface area contributed by atoms with Crippen molar-refractivity contribution >= 4 is 11.6 Å². The molecule has 1 saturated heterocycles. The van der Waals surface area contributed by atoms with E-state index in [0.29, 0.717) is 0 Å². The zero-order chi connectivity index (χ0) is 21.1. The van der Waals surface area contributed by atoms with Gasteiger partial charge in [-0.1, -0.05) is 25.0 Å². The molecule has 3 rings (SSSR count). The van der Waals surface area contributed by atoms with Gasteiger partial charge in [-0.05, 0) is 37.1 Å². The lowest BCUT2D eigenvalue weighted by Crippen LogP contribution is -2.43. The van der Waals surface area contributed by atoms with Crippen molar-refractivity contribution < 1.29 is 9.53 Å². The predicted molar refractivity (Wildman–Crippen MR) is 111 cm³/mol. The maximum absolute atomic E-state index is 13.1. The zero-order valence-electron chi connectivity index (χ0n) is 17.2. The van der Waals surface area contributed by atoms with Crippen LogP contribution < -0.4 is 21.7 Å². The van der Waals surface area contributed by atoms with Crippen LogP contribution >= 0.6 is 0 Å². The summed E-state index contributed by atoms with van der Waals surface area (Å²) in [5.41, 5.74) is 5.77. The second kappa shape index (κ2) is 8.65. The molecule has 0 amide bonds. The van der Waals surface area contributed by atoms with Gasteiger partial charge in [-0.2, -0.15) is 0 Å². The van der Waals surface area contributed by atoms with Crippen LogP contribution in [0, 0.1) is 0 Å². The highest BCUT2D eigenvalue weighted by molar-refractivity contribution is 6.01. The molecule has 0 unspecified atom stereocenters. The largest absolute Gasteiger partial charge is 0.497 e. The van der Waals surface area contributed by atoms with E-state index in [0.717, 1.165) is 52.7 Å². The van der Waals surface area contributed by atoms with E-state index in [1.54, 1.807) is 7.11 Å². The fraction of sp³-hybridized carbons (Fsp3) is 0.476. The molecule has 0 bridgehead atoms. The van der Waals surface area contributed by atoms with Crippen LogP contribution in [-0.4, -0.2) is 40.0 Å². The Morgan fingerprint density at radius 1 is 1.10 bits per heavy atom. The van der Waals surface area contributed by atoms with Crippen molar-refractivity contribution in [2.45, 2.75) is 31.7 Å². The van der Waals surface area contributed by atoms with Crippen LogP contribution in [0.5, 0.6) is 5.75 Å². The summed E-state index contributed by atoms with van der Waals surface area (Å²) in [6.45, 7) is 0.836. The molecular formula is C21H28N4O4. The first-order valence-electron chi connectivity index (χ1n) is 9.81. The number of benzene rings is 1. The first-order chi connectivity index (χ1) is 13.8. The van der Waals surface area contributed by atoms with Gasteiger partial charge in [0.25, 0.3) is 5.56 Å².